The molecule has 0 atom stereocenters. The molecule has 2 rings (SSSR count). The van der Waals surface area contributed by atoms with Crippen molar-refractivity contribution in [1.82, 2.24) is 0 Å². The minimum Gasteiger partial charge on any atom is -0.752 e. The molecule has 1 fully saturated rings. The van der Waals surface area contributed by atoms with Gasteiger partial charge in [-0.2, -0.15) is 4.63 Å². The number of rotatable bonds is 2. The van der Waals surface area contributed by atoms with Crippen molar-refractivity contribution in [1.29, 1.82) is 0 Å². The molecule has 86 valence electrons. The van der Waals surface area contributed by atoms with Gasteiger partial charge in [-0.15, -0.1) is 8.20 Å². The van der Waals surface area contributed by atoms with Crippen LogP contribution in [0, 0.1) is 6.92 Å². The van der Waals surface area contributed by atoms with Crippen LogP contribution in [-0.2, 0) is 12.6 Å². The molecule has 0 radical (unpaired) electrons. The zero-order valence-corrected chi connectivity index (χ0v) is 11.8. The summed E-state index contributed by atoms with van der Waals surface area (Å²) in [5, 5.41) is 0.801. The summed E-state index contributed by atoms with van der Waals surface area (Å²) in [4.78, 5) is 0. The summed E-state index contributed by atoms with van der Waals surface area (Å²) in [6, 6.07) is 5.99. The van der Waals surface area contributed by atoms with E-state index >= 15 is 0 Å². The minimum absolute atomic E-state index is 0.767. The van der Waals surface area contributed by atoms with Gasteiger partial charge in [-0.25, -0.2) is 0 Å². The van der Waals surface area contributed by atoms with Gasteiger partial charge >= 0.3 is 0 Å². The molecule has 1 aliphatic rings. The molecular formula is C13H15ClPS-. The standard InChI is InChI=1S/C13H16ClPS/c1-9-5-4-8-11(14)12(9)13(16)15-10-6-2-3-7-10/h4-5,8,10,16H,2-3,6-7H2,1H3/p-1. The van der Waals surface area contributed by atoms with Crippen LogP contribution in [0.1, 0.15) is 36.8 Å². The number of benzene rings is 1. The van der Waals surface area contributed by atoms with Crippen LogP contribution in [0.5, 0.6) is 0 Å². The summed E-state index contributed by atoms with van der Waals surface area (Å²) < 4.78 is 1.02. The molecule has 1 saturated carbocycles. The smallest absolute Gasteiger partial charge is 0.0467 e. The van der Waals surface area contributed by atoms with Crippen molar-refractivity contribution in [3.05, 3.63) is 34.3 Å². The summed E-state index contributed by atoms with van der Waals surface area (Å²) >= 11 is 11.8. The van der Waals surface area contributed by atoms with Crippen molar-refractivity contribution in [2.24, 2.45) is 0 Å². The van der Waals surface area contributed by atoms with E-state index < -0.39 is 0 Å². The Hall–Kier alpha value is 0.0300. The highest BCUT2D eigenvalue weighted by atomic mass is 35.5. The maximum atomic E-state index is 6.22. The van der Waals surface area contributed by atoms with E-state index in [1.54, 1.807) is 0 Å². The van der Waals surface area contributed by atoms with Crippen LogP contribution >= 0.6 is 19.8 Å². The van der Waals surface area contributed by atoms with E-state index in [1.807, 2.05) is 12.1 Å². The Morgan fingerprint density at radius 2 is 2.06 bits per heavy atom. The minimum atomic E-state index is 0.767. The fourth-order valence-electron chi connectivity index (χ4n) is 2.17. The Kier molecular flexibility index (Phi) is 4.35. The lowest BCUT2D eigenvalue weighted by Gasteiger charge is -2.19. The van der Waals surface area contributed by atoms with E-state index in [4.69, 9.17) is 24.2 Å². The topological polar surface area (TPSA) is 0 Å². The fraction of sp³-hybridized carbons (Fsp3) is 0.462. The van der Waals surface area contributed by atoms with E-state index in [0.29, 0.717) is 0 Å². The molecule has 0 saturated heterocycles. The first kappa shape index (κ1) is 12.5. The fourth-order valence-corrected chi connectivity index (χ4v) is 4.70. The molecule has 0 aromatic heterocycles. The second-order valence-electron chi connectivity index (χ2n) is 4.30. The maximum absolute atomic E-state index is 6.22. The Balaban J connectivity index is 2.28. The molecule has 1 aliphatic carbocycles. The van der Waals surface area contributed by atoms with Crippen LogP contribution in [0.3, 0.4) is 0 Å². The van der Waals surface area contributed by atoms with Crippen LogP contribution < -0.4 is 0 Å². The molecule has 0 bridgehead atoms. The van der Waals surface area contributed by atoms with Gasteiger partial charge in [0.2, 0.25) is 0 Å². The summed E-state index contributed by atoms with van der Waals surface area (Å²) in [5.74, 6) is 0. The highest BCUT2D eigenvalue weighted by Gasteiger charge is 2.12. The van der Waals surface area contributed by atoms with Crippen LogP contribution in [-0.4, -0.2) is 10.3 Å². The first-order valence-electron chi connectivity index (χ1n) is 5.69. The number of hydrogen-bond acceptors (Lipinski definition) is 1. The van der Waals surface area contributed by atoms with Crippen LogP contribution in [0.4, 0.5) is 0 Å². The van der Waals surface area contributed by atoms with Gasteiger partial charge in [0.05, 0.1) is 0 Å². The van der Waals surface area contributed by atoms with Crippen molar-refractivity contribution in [2.45, 2.75) is 38.3 Å². The van der Waals surface area contributed by atoms with Gasteiger partial charge in [0.1, 0.15) is 0 Å². The third-order valence-electron chi connectivity index (χ3n) is 3.06. The first-order chi connectivity index (χ1) is 7.68. The van der Waals surface area contributed by atoms with Crippen molar-refractivity contribution >= 4 is 37.1 Å². The maximum Gasteiger partial charge on any atom is 0.0467 e. The van der Waals surface area contributed by atoms with E-state index in [-0.39, 0.29) is 0 Å². The summed E-state index contributed by atoms with van der Waals surface area (Å²) in [6.07, 6.45) is 5.37. The predicted molar refractivity (Wildman–Crippen MR) is 76.8 cm³/mol. The van der Waals surface area contributed by atoms with Gasteiger partial charge < -0.3 is 12.6 Å². The Morgan fingerprint density at radius 3 is 2.69 bits per heavy atom. The number of halogens is 1. The monoisotopic (exact) mass is 269 g/mol. The number of aryl methyl sites for hydroxylation is 1. The first-order valence-corrected chi connectivity index (χ1v) is 7.44. The molecule has 0 N–H and O–H groups in total. The van der Waals surface area contributed by atoms with E-state index in [0.717, 1.165) is 20.9 Å². The van der Waals surface area contributed by atoms with Gasteiger partial charge in [-0.05, 0) is 42.6 Å². The van der Waals surface area contributed by atoms with Gasteiger partial charge in [-0.3, -0.25) is 0 Å². The van der Waals surface area contributed by atoms with E-state index in [2.05, 4.69) is 13.0 Å². The van der Waals surface area contributed by atoms with Crippen molar-refractivity contribution in [3.8, 4) is 0 Å². The average molecular weight is 270 g/mol. The van der Waals surface area contributed by atoms with Crippen LogP contribution in [0.25, 0.3) is 0 Å². The second-order valence-corrected chi connectivity index (χ2v) is 6.86. The van der Waals surface area contributed by atoms with Crippen molar-refractivity contribution in [2.75, 3.05) is 0 Å². The largest absolute Gasteiger partial charge is 0.752 e. The molecule has 3 heteroatoms. The van der Waals surface area contributed by atoms with E-state index in [9.17, 15) is 0 Å². The third-order valence-corrected chi connectivity index (χ3v) is 5.24. The Bertz CT molecular complexity index is 388. The third kappa shape index (κ3) is 2.83. The average Bonchev–Trinajstić information content (AvgIpc) is 2.70. The molecule has 0 nitrogen and oxygen atoms in total. The summed E-state index contributed by atoms with van der Waals surface area (Å²) in [5.41, 5.74) is 3.05. The highest BCUT2D eigenvalue weighted by molar-refractivity contribution is 7.88. The molecule has 0 amide bonds. The molecule has 0 heterocycles. The molecule has 0 unspecified atom stereocenters. The lowest BCUT2D eigenvalue weighted by atomic mass is 10.1. The van der Waals surface area contributed by atoms with Gasteiger partial charge in [0.15, 0.2) is 0 Å². The lowest BCUT2D eigenvalue weighted by molar-refractivity contribution is 0.886. The zero-order valence-electron chi connectivity index (χ0n) is 9.37. The SMILES string of the molecule is Cc1cccc(Cl)c1C([S-])=PC1CCCC1. The van der Waals surface area contributed by atoms with E-state index in [1.165, 1.54) is 39.5 Å². The predicted octanol–water partition coefficient (Wildman–Crippen LogP) is 4.56. The molecule has 1 aromatic carbocycles. The molecular weight excluding hydrogens is 255 g/mol. The van der Waals surface area contributed by atoms with Crippen molar-refractivity contribution in [3.63, 3.8) is 0 Å². The quantitative estimate of drug-likeness (QED) is 0.560. The normalized spacial score (nSPS) is 18.1. The van der Waals surface area contributed by atoms with Gasteiger partial charge in [-0.1, -0.05) is 36.6 Å². The molecule has 0 aliphatic heterocycles. The second kappa shape index (κ2) is 5.58. The zero-order chi connectivity index (χ0) is 11.5. The Labute approximate surface area is 110 Å². The molecule has 16 heavy (non-hydrogen) atoms. The van der Waals surface area contributed by atoms with Gasteiger partial charge in [0.25, 0.3) is 0 Å². The molecule has 0 spiro atoms. The van der Waals surface area contributed by atoms with Crippen LogP contribution in [0.15, 0.2) is 18.2 Å². The summed E-state index contributed by atoms with van der Waals surface area (Å²) in [7, 11) is 1.31. The highest BCUT2D eigenvalue weighted by Crippen LogP contribution is 2.32. The lowest BCUT2D eigenvalue weighted by Crippen LogP contribution is -2.00. The van der Waals surface area contributed by atoms with Crippen LogP contribution in [0.2, 0.25) is 5.02 Å². The summed E-state index contributed by atoms with van der Waals surface area (Å²) in [6.45, 7) is 2.08. The molecule has 1 aromatic rings. The van der Waals surface area contributed by atoms with Gasteiger partial charge in [0, 0.05) is 5.02 Å². The Morgan fingerprint density at radius 1 is 1.38 bits per heavy atom. The van der Waals surface area contributed by atoms with Crippen molar-refractivity contribution < 1.29 is 0 Å². The number of hydrogen-bond donors (Lipinski definition) is 0.